The van der Waals surface area contributed by atoms with Crippen molar-refractivity contribution in [3.8, 4) is 0 Å². The van der Waals surface area contributed by atoms with Crippen molar-refractivity contribution in [2.75, 3.05) is 32.7 Å². The van der Waals surface area contributed by atoms with Crippen molar-refractivity contribution in [2.45, 2.75) is 19.4 Å². The number of hydrogen-bond donors (Lipinski definition) is 2. The first kappa shape index (κ1) is 17.9. The first-order valence-corrected chi connectivity index (χ1v) is 8.07. The van der Waals surface area contributed by atoms with E-state index >= 15 is 0 Å². The molecule has 0 aromatic heterocycles. The first-order chi connectivity index (χ1) is 11.5. The second-order valence-corrected chi connectivity index (χ2v) is 5.95. The Balaban J connectivity index is 1.91. The lowest BCUT2D eigenvalue weighted by Crippen LogP contribution is -2.61. The topological polar surface area (TPSA) is 95.7 Å². The molecule has 7 heteroatoms. The smallest absolute Gasteiger partial charge is 0.242 e. The van der Waals surface area contributed by atoms with Crippen LogP contribution in [0.3, 0.4) is 0 Å². The third-order valence-electron chi connectivity index (χ3n) is 4.16. The molecule has 0 radical (unpaired) electrons. The van der Waals surface area contributed by atoms with Crippen molar-refractivity contribution in [2.24, 2.45) is 5.73 Å². The Labute approximate surface area is 141 Å². The Hall–Kier alpha value is -2.41. The van der Waals surface area contributed by atoms with Gasteiger partial charge in [0, 0.05) is 33.1 Å². The van der Waals surface area contributed by atoms with Crippen LogP contribution in [0.15, 0.2) is 30.3 Å². The molecular weight excluding hydrogens is 308 g/mol. The van der Waals surface area contributed by atoms with E-state index < -0.39 is 11.9 Å². The fourth-order valence-electron chi connectivity index (χ4n) is 2.82. The number of carbonyl (C=O) groups excluding carboxylic acids is 3. The van der Waals surface area contributed by atoms with Gasteiger partial charge in [-0.15, -0.1) is 0 Å². The SMILES string of the molecule is CC(=O)NCC(=O)N1CCN(CCc2ccccc2)CC1C(N)=O. The van der Waals surface area contributed by atoms with Crippen LogP contribution in [0.5, 0.6) is 0 Å². The molecule has 1 fully saturated rings. The minimum absolute atomic E-state index is 0.108. The molecule has 1 saturated heterocycles. The number of nitrogens with two attached hydrogens (primary N) is 1. The van der Waals surface area contributed by atoms with Crippen LogP contribution in [0.1, 0.15) is 12.5 Å². The molecule has 24 heavy (non-hydrogen) atoms. The summed E-state index contributed by atoms with van der Waals surface area (Å²) in [5.74, 6) is -1.08. The van der Waals surface area contributed by atoms with Crippen molar-refractivity contribution < 1.29 is 14.4 Å². The molecule has 1 unspecified atom stereocenters. The number of piperazine rings is 1. The van der Waals surface area contributed by atoms with Crippen LogP contribution in [0.25, 0.3) is 0 Å². The Bertz CT molecular complexity index is 591. The van der Waals surface area contributed by atoms with Crippen LogP contribution in [-0.4, -0.2) is 66.3 Å². The number of hydrogen-bond acceptors (Lipinski definition) is 4. The Morgan fingerprint density at radius 1 is 1.21 bits per heavy atom. The van der Waals surface area contributed by atoms with Crippen LogP contribution >= 0.6 is 0 Å². The lowest BCUT2D eigenvalue weighted by Gasteiger charge is -2.40. The molecule has 1 heterocycles. The van der Waals surface area contributed by atoms with E-state index in [9.17, 15) is 14.4 Å². The van der Waals surface area contributed by atoms with Gasteiger partial charge in [0.15, 0.2) is 0 Å². The van der Waals surface area contributed by atoms with Crippen molar-refractivity contribution in [1.29, 1.82) is 0 Å². The van der Waals surface area contributed by atoms with Gasteiger partial charge in [-0.25, -0.2) is 0 Å². The zero-order chi connectivity index (χ0) is 17.5. The Morgan fingerprint density at radius 2 is 1.92 bits per heavy atom. The maximum Gasteiger partial charge on any atom is 0.242 e. The fourth-order valence-corrected chi connectivity index (χ4v) is 2.82. The van der Waals surface area contributed by atoms with Gasteiger partial charge in [-0.1, -0.05) is 30.3 Å². The normalized spacial score (nSPS) is 18.2. The quantitative estimate of drug-likeness (QED) is 0.724. The standard InChI is InChI=1S/C17H24N4O3/c1-13(22)19-11-16(23)21-10-9-20(12-15(21)17(18)24)8-7-14-5-3-2-4-6-14/h2-6,15H,7-12H2,1H3,(H2,18,24)(H,19,22). The molecule has 0 saturated carbocycles. The molecule has 130 valence electrons. The molecule has 1 aromatic carbocycles. The Morgan fingerprint density at radius 3 is 2.54 bits per heavy atom. The van der Waals surface area contributed by atoms with E-state index in [0.29, 0.717) is 19.6 Å². The molecule has 0 aliphatic carbocycles. The summed E-state index contributed by atoms with van der Waals surface area (Å²) in [6.07, 6.45) is 0.881. The van der Waals surface area contributed by atoms with Gasteiger partial charge in [0.25, 0.3) is 0 Å². The lowest BCUT2D eigenvalue weighted by molar-refractivity contribution is -0.142. The van der Waals surface area contributed by atoms with Crippen LogP contribution in [0.2, 0.25) is 0 Å². The maximum atomic E-state index is 12.2. The van der Waals surface area contributed by atoms with Crippen LogP contribution in [0.4, 0.5) is 0 Å². The monoisotopic (exact) mass is 332 g/mol. The van der Waals surface area contributed by atoms with Gasteiger partial charge in [-0.3, -0.25) is 19.3 Å². The summed E-state index contributed by atoms with van der Waals surface area (Å²) >= 11 is 0. The molecule has 7 nitrogen and oxygen atoms in total. The third-order valence-corrected chi connectivity index (χ3v) is 4.16. The summed E-state index contributed by atoms with van der Waals surface area (Å²) in [7, 11) is 0. The molecule has 1 aliphatic heterocycles. The lowest BCUT2D eigenvalue weighted by atomic mass is 10.1. The summed E-state index contributed by atoms with van der Waals surface area (Å²) in [5.41, 5.74) is 6.71. The van der Waals surface area contributed by atoms with E-state index in [1.807, 2.05) is 18.2 Å². The largest absolute Gasteiger partial charge is 0.368 e. The van der Waals surface area contributed by atoms with Gasteiger partial charge in [-0.2, -0.15) is 0 Å². The molecule has 0 spiro atoms. The average molecular weight is 332 g/mol. The first-order valence-electron chi connectivity index (χ1n) is 8.07. The molecule has 0 bridgehead atoms. The predicted molar refractivity (Wildman–Crippen MR) is 90.0 cm³/mol. The van der Waals surface area contributed by atoms with E-state index in [1.165, 1.54) is 17.4 Å². The summed E-state index contributed by atoms with van der Waals surface area (Å²) in [4.78, 5) is 38.5. The molecule has 1 aromatic rings. The number of amides is 3. The number of carbonyl (C=O) groups is 3. The number of primary amides is 1. The number of benzene rings is 1. The maximum absolute atomic E-state index is 12.2. The molecule has 1 atom stereocenters. The predicted octanol–water partition coefficient (Wildman–Crippen LogP) is -0.637. The summed E-state index contributed by atoms with van der Waals surface area (Å²) in [6.45, 7) is 3.59. The molecule has 1 aliphatic rings. The van der Waals surface area contributed by atoms with E-state index in [2.05, 4.69) is 22.3 Å². The zero-order valence-electron chi connectivity index (χ0n) is 13.9. The van der Waals surface area contributed by atoms with Gasteiger partial charge < -0.3 is 16.0 Å². The minimum Gasteiger partial charge on any atom is -0.368 e. The van der Waals surface area contributed by atoms with Crippen LogP contribution < -0.4 is 11.1 Å². The summed E-state index contributed by atoms with van der Waals surface area (Å²) in [5, 5.41) is 2.46. The summed E-state index contributed by atoms with van der Waals surface area (Å²) < 4.78 is 0. The van der Waals surface area contributed by atoms with E-state index in [-0.39, 0.29) is 18.4 Å². The van der Waals surface area contributed by atoms with E-state index in [1.54, 1.807) is 0 Å². The highest BCUT2D eigenvalue weighted by molar-refractivity contribution is 5.89. The highest BCUT2D eigenvalue weighted by Crippen LogP contribution is 2.11. The van der Waals surface area contributed by atoms with Gasteiger partial charge >= 0.3 is 0 Å². The third kappa shape index (κ3) is 5.06. The van der Waals surface area contributed by atoms with Crippen LogP contribution in [0, 0.1) is 0 Å². The van der Waals surface area contributed by atoms with Gasteiger partial charge in [-0.05, 0) is 12.0 Å². The van der Waals surface area contributed by atoms with E-state index in [4.69, 9.17) is 5.73 Å². The zero-order valence-corrected chi connectivity index (χ0v) is 13.9. The number of rotatable bonds is 6. The van der Waals surface area contributed by atoms with Gasteiger partial charge in [0.2, 0.25) is 17.7 Å². The van der Waals surface area contributed by atoms with E-state index in [0.717, 1.165) is 13.0 Å². The molecule has 3 amide bonds. The second kappa shape index (κ2) is 8.44. The molecular formula is C17H24N4O3. The fraction of sp³-hybridized carbons (Fsp3) is 0.471. The van der Waals surface area contributed by atoms with Crippen molar-refractivity contribution in [3.05, 3.63) is 35.9 Å². The highest BCUT2D eigenvalue weighted by Gasteiger charge is 2.33. The Kier molecular flexibility index (Phi) is 6.31. The van der Waals surface area contributed by atoms with Crippen molar-refractivity contribution in [3.63, 3.8) is 0 Å². The van der Waals surface area contributed by atoms with Gasteiger partial charge in [0.05, 0.1) is 6.54 Å². The van der Waals surface area contributed by atoms with Crippen molar-refractivity contribution >= 4 is 17.7 Å². The molecule has 3 N–H and O–H groups in total. The van der Waals surface area contributed by atoms with Crippen molar-refractivity contribution in [1.82, 2.24) is 15.1 Å². The highest BCUT2D eigenvalue weighted by atomic mass is 16.2. The van der Waals surface area contributed by atoms with Gasteiger partial charge in [0.1, 0.15) is 6.04 Å². The number of nitrogens with zero attached hydrogens (tertiary/aromatic N) is 2. The average Bonchev–Trinajstić information content (AvgIpc) is 2.58. The second-order valence-electron chi connectivity index (χ2n) is 5.95. The summed E-state index contributed by atoms with van der Waals surface area (Å²) in [6, 6.07) is 9.46. The van der Waals surface area contributed by atoms with Crippen LogP contribution in [-0.2, 0) is 20.8 Å². The molecule has 2 rings (SSSR count). The minimum atomic E-state index is -0.657. The number of nitrogens with one attached hydrogen (secondary N) is 1.